The minimum atomic E-state index is -0.961. The Morgan fingerprint density at radius 2 is 1.89 bits per heavy atom. The molecule has 0 spiro atoms. The summed E-state index contributed by atoms with van der Waals surface area (Å²) in [7, 11) is 4.80. The number of amides is 1. The van der Waals surface area contributed by atoms with Gasteiger partial charge in [0.05, 0.1) is 19.0 Å². The quantitative estimate of drug-likeness (QED) is 0.798. The molecule has 2 aromatic rings. The second-order valence-electron chi connectivity index (χ2n) is 6.07. The number of hydrogen-bond donors (Lipinski definition) is 1. The minimum absolute atomic E-state index is 0.103. The summed E-state index contributed by atoms with van der Waals surface area (Å²) in [6.45, 7) is 6.43. The first kappa shape index (κ1) is 22.5. The summed E-state index contributed by atoms with van der Waals surface area (Å²) in [5, 5.41) is 9.45. The number of aryl methyl sites for hydroxylation is 2. The van der Waals surface area contributed by atoms with E-state index in [2.05, 4.69) is 0 Å². The van der Waals surface area contributed by atoms with Crippen LogP contribution in [0.1, 0.15) is 38.3 Å². The number of carbonyl (C=O) groups excluding carboxylic acids is 1. The third kappa shape index (κ3) is 4.99. The Bertz CT molecular complexity index is 812. The average Bonchev–Trinajstić information content (AvgIpc) is 3.00. The number of rotatable bonds is 7. The summed E-state index contributed by atoms with van der Waals surface area (Å²) in [6, 6.07) is 1.33. The van der Waals surface area contributed by atoms with Gasteiger partial charge in [-0.2, -0.15) is 0 Å². The first-order valence-corrected chi connectivity index (χ1v) is 9.09. The first-order chi connectivity index (χ1) is 12.8. The number of carboxylic acid groups (broad SMARTS) is 1. The molecule has 0 radical (unpaired) electrons. The molecule has 0 atom stereocenters. The maximum atomic E-state index is 14.7. The topological polar surface area (TPSA) is 71.8 Å². The van der Waals surface area contributed by atoms with E-state index < -0.39 is 11.8 Å². The van der Waals surface area contributed by atoms with Crippen LogP contribution in [0.25, 0.3) is 10.9 Å². The van der Waals surface area contributed by atoms with Crippen molar-refractivity contribution in [3.05, 3.63) is 29.2 Å². The highest BCUT2D eigenvalue weighted by Crippen LogP contribution is 2.37. The molecule has 1 N–H and O–H groups in total. The summed E-state index contributed by atoms with van der Waals surface area (Å²) in [5.74, 6) is -1.07. The Kier molecular flexibility index (Phi) is 8.28. The van der Waals surface area contributed by atoms with Gasteiger partial charge in [-0.15, -0.1) is 0 Å². The number of nitrogens with zero attached hydrogens (tertiary/aromatic N) is 2. The van der Waals surface area contributed by atoms with Crippen LogP contribution in [0.15, 0.2) is 12.3 Å². The molecule has 0 aliphatic heterocycles. The van der Waals surface area contributed by atoms with Gasteiger partial charge in [0, 0.05) is 38.6 Å². The second-order valence-corrected chi connectivity index (χ2v) is 6.07. The molecule has 0 bridgehead atoms. The Labute approximate surface area is 159 Å². The van der Waals surface area contributed by atoms with E-state index in [1.807, 2.05) is 20.8 Å². The molecule has 6 nitrogen and oxygen atoms in total. The normalized spacial score (nSPS) is 10.3. The SMILES string of the molecule is CC.CCn1cc(CC(=O)N(C)C)c2c(OC)c(CCC(=O)O)cc(F)c21. The second kappa shape index (κ2) is 9.94. The third-order valence-corrected chi connectivity index (χ3v) is 4.20. The fourth-order valence-corrected chi connectivity index (χ4v) is 2.94. The lowest BCUT2D eigenvalue weighted by Gasteiger charge is -2.13. The number of carbonyl (C=O) groups is 2. The zero-order chi connectivity index (χ0) is 20.7. The molecule has 0 aliphatic carbocycles. The number of likely N-dealkylation sites (N-methyl/N-ethyl adjacent to an activating group) is 1. The zero-order valence-corrected chi connectivity index (χ0v) is 16.9. The van der Waals surface area contributed by atoms with Crippen molar-refractivity contribution < 1.29 is 23.8 Å². The van der Waals surface area contributed by atoms with Crippen molar-refractivity contribution in [2.45, 2.75) is 46.6 Å². The first-order valence-electron chi connectivity index (χ1n) is 9.09. The van der Waals surface area contributed by atoms with E-state index >= 15 is 0 Å². The van der Waals surface area contributed by atoms with E-state index in [9.17, 15) is 14.0 Å². The van der Waals surface area contributed by atoms with Gasteiger partial charge < -0.3 is 19.3 Å². The third-order valence-electron chi connectivity index (χ3n) is 4.20. The summed E-state index contributed by atoms with van der Waals surface area (Å²) < 4.78 is 22.0. The maximum Gasteiger partial charge on any atom is 0.303 e. The van der Waals surface area contributed by atoms with Crippen LogP contribution in [0.2, 0.25) is 0 Å². The number of halogens is 1. The standard InChI is InChI=1S/C18H23FN2O4.C2H6/c1-5-21-10-12(9-14(22)20(2)3)16-17(21)13(19)8-11(18(16)25-4)6-7-15(23)24;1-2/h8,10H,5-7,9H2,1-4H3,(H,23,24);1-2H3. The molecular formula is C20H29FN2O4. The van der Waals surface area contributed by atoms with E-state index in [0.717, 1.165) is 0 Å². The van der Waals surface area contributed by atoms with E-state index in [-0.39, 0.29) is 25.2 Å². The molecule has 150 valence electrons. The van der Waals surface area contributed by atoms with E-state index in [1.165, 1.54) is 18.1 Å². The number of hydrogen-bond acceptors (Lipinski definition) is 3. The van der Waals surface area contributed by atoms with Gasteiger partial charge in [-0.05, 0) is 30.5 Å². The van der Waals surface area contributed by atoms with Crippen LogP contribution in [0.3, 0.4) is 0 Å². The number of benzene rings is 1. The van der Waals surface area contributed by atoms with E-state index in [1.54, 1.807) is 24.9 Å². The van der Waals surface area contributed by atoms with E-state index in [0.29, 0.717) is 34.3 Å². The number of aromatic nitrogens is 1. The van der Waals surface area contributed by atoms with Crippen LogP contribution >= 0.6 is 0 Å². The van der Waals surface area contributed by atoms with Gasteiger partial charge in [0.25, 0.3) is 0 Å². The molecule has 2 rings (SSSR count). The van der Waals surface area contributed by atoms with Crippen molar-refractivity contribution in [3.63, 3.8) is 0 Å². The van der Waals surface area contributed by atoms with Gasteiger partial charge in [0.15, 0.2) is 0 Å². The Morgan fingerprint density at radius 3 is 2.37 bits per heavy atom. The highest BCUT2D eigenvalue weighted by atomic mass is 19.1. The van der Waals surface area contributed by atoms with E-state index in [4.69, 9.17) is 9.84 Å². The van der Waals surface area contributed by atoms with Crippen LogP contribution in [0.5, 0.6) is 5.75 Å². The molecule has 1 amide bonds. The van der Waals surface area contributed by atoms with Crippen molar-refractivity contribution in [2.24, 2.45) is 0 Å². The van der Waals surface area contributed by atoms with Crippen molar-refractivity contribution in [3.8, 4) is 5.75 Å². The number of fused-ring (bicyclic) bond motifs is 1. The minimum Gasteiger partial charge on any atom is -0.496 e. The lowest BCUT2D eigenvalue weighted by Crippen LogP contribution is -2.23. The maximum absolute atomic E-state index is 14.7. The predicted molar refractivity (Wildman–Crippen MR) is 104 cm³/mol. The summed E-state index contributed by atoms with van der Waals surface area (Å²) >= 11 is 0. The molecule has 27 heavy (non-hydrogen) atoms. The summed E-state index contributed by atoms with van der Waals surface area (Å²) in [5.41, 5.74) is 1.53. The van der Waals surface area contributed by atoms with Crippen molar-refractivity contribution in [1.29, 1.82) is 0 Å². The number of ether oxygens (including phenoxy) is 1. The van der Waals surface area contributed by atoms with Crippen molar-refractivity contribution in [2.75, 3.05) is 21.2 Å². The number of carboxylic acids is 1. The monoisotopic (exact) mass is 380 g/mol. The summed E-state index contributed by atoms with van der Waals surface area (Å²) in [6.07, 6.45) is 1.92. The molecule has 1 aromatic heterocycles. The highest BCUT2D eigenvalue weighted by Gasteiger charge is 2.22. The average molecular weight is 380 g/mol. The Morgan fingerprint density at radius 1 is 1.26 bits per heavy atom. The predicted octanol–water partition coefficient (Wildman–Crippen LogP) is 3.48. The van der Waals surface area contributed by atoms with Gasteiger partial charge >= 0.3 is 5.97 Å². The van der Waals surface area contributed by atoms with Crippen LogP contribution in [-0.4, -0.2) is 47.7 Å². The largest absolute Gasteiger partial charge is 0.496 e. The lowest BCUT2D eigenvalue weighted by molar-refractivity contribution is -0.137. The molecule has 1 heterocycles. The van der Waals surface area contributed by atoms with Crippen LogP contribution in [0.4, 0.5) is 4.39 Å². The van der Waals surface area contributed by atoms with Gasteiger partial charge in [0.2, 0.25) is 5.91 Å². The van der Waals surface area contributed by atoms with Crippen LogP contribution < -0.4 is 4.74 Å². The highest BCUT2D eigenvalue weighted by molar-refractivity contribution is 5.95. The van der Waals surface area contributed by atoms with Gasteiger partial charge in [-0.3, -0.25) is 9.59 Å². The molecule has 0 saturated heterocycles. The molecule has 0 saturated carbocycles. The number of aliphatic carboxylic acids is 1. The summed E-state index contributed by atoms with van der Waals surface area (Å²) in [4.78, 5) is 24.5. The lowest BCUT2D eigenvalue weighted by atomic mass is 10.0. The smallest absolute Gasteiger partial charge is 0.303 e. The van der Waals surface area contributed by atoms with Crippen LogP contribution in [0, 0.1) is 5.82 Å². The van der Waals surface area contributed by atoms with Gasteiger partial charge in [-0.25, -0.2) is 4.39 Å². The molecule has 1 aromatic carbocycles. The molecule has 7 heteroatoms. The van der Waals surface area contributed by atoms with Crippen molar-refractivity contribution in [1.82, 2.24) is 9.47 Å². The molecule has 0 unspecified atom stereocenters. The Balaban J connectivity index is 0.00000176. The fourth-order valence-electron chi connectivity index (χ4n) is 2.94. The molecule has 0 aliphatic rings. The fraction of sp³-hybridized carbons (Fsp3) is 0.500. The van der Waals surface area contributed by atoms with Crippen molar-refractivity contribution >= 4 is 22.8 Å². The van der Waals surface area contributed by atoms with Gasteiger partial charge in [0.1, 0.15) is 11.6 Å². The Hall–Kier alpha value is -2.57. The zero-order valence-electron chi connectivity index (χ0n) is 16.9. The molecule has 0 fully saturated rings. The molecular weight excluding hydrogens is 351 g/mol. The van der Waals surface area contributed by atoms with Gasteiger partial charge in [-0.1, -0.05) is 13.8 Å². The van der Waals surface area contributed by atoms with Crippen LogP contribution in [-0.2, 0) is 29.0 Å². The number of methoxy groups -OCH3 is 1.